The number of pyridine rings is 1. The van der Waals surface area contributed by atoms with Gasteiger partial charge >= 0.3 is 0 Å². The monoisotopic (exact) mass is 253 g/mol. The molecule has 0 radical (unpaired) electrons. The fraction of sp³-hybridized carbons (Fsp3) is 0.0714. The highest BCUT2D eigenvalue weighted by atomic mass is 32.1. The summed E-state index contributed by atoms with van der Waals surface area (Å²) in [7, 11) is 0. The molecule has 0 spiro atoms. The molecule has 0 unspecified atom stereocenters. The van der Waals surface area contributed by atoms with E-state index < -0.39 is 0 Å². The van der Waals surface area contributed by atoms with Crippen molar-refractivity contribution in [3.63, 3.8) is 0 Å². The van der Waals surface area contributed by atoms with Crippen molar-refractivity contribution < 1.29 is 0 Å². The van der Waals surface area contributed by atoms with E-state index >= 15 is 0 Å². The van der Waals surface area contributed by atoms with Crippen LogP contribution in [0, 0.1) is 11.6 Å². The summed E-state index contributed by atoms with van der Waals surface area (Å²) >= 11 is 5.14. The first-order valence-electron chi connectivity index (χ1n) is 5.65. The van der Waals surface area contributed by atoms with Crippen molar-refractivity contribution in [2.45, 2.75) is 6.92 Å². The van der Waals surface area contributed by atoms with Crippen LogP contribution >= 0.6 is 12.2 Å². The fourth-order valence-corrected chi connectivity index (χ4v) is 2.21. The maximum Gasteiger partial charge on any atom is 0.139 e. The molecule has 18 heavy (non-hydrogen) atoms. The van der Waals surface area contributed by atoms with Gasteiger partial charge in [-0.15, -0.1) is 0 Å². The van der Waals surface area contributed by atoms with Gasteiger partial charge in [-0.05, 0) is 37.3 Å². The molecular weight excluding hydrogens is 242 g/mol. The molecule has 3 nitrogen and oxygen atoms in total. The second-order valence-electron chi connectivity index (χ2n) is 4.16. The molecule has 88 valence electrons. The van der Waals surface area contributed by atoms with Crippen molar-refractivity contribution in [3.8, 4) is 11.4 Å². The predicted molar refractivity (Wildman–Crippen MR) is 74.9 cm³/mol. The van der Waals surface area contributed by atoms with Crippen LogP contribution in [0.15, 0.2) is 42.6 Å². The number of aryl methyl sites for hydroxylation is 1. The van der Waals surface area contributed by atoms with Crippen molar-refractivity contribution in [3.05, 3.63) is 52.9 Å². The largest absolute Gasteiger partial charge is 0.343 e. The first kappa shape index (κ1) is 11.0. The van der Waals surface area contributed by atoms with E-state index in [9.17, 15) is 0 Å². The fourth-order valence-electron chi connectivity index (χ4n) is 1.94. The van der Waals surface area contributed by atoms with Gasteiger partial charge in [-0.3, -0.25) is 4.98 Å². The van der Waals surface area contributed by atoms with Crippen molar-refractivity contribution in [2.75, 3.05) is 0 Å². The molecular formula is C14H11N3S. The first-order valence-corrected chi connectivity index (χ1v) is 6.06. The SMILES string of the molecule is Cc1cc(=S)nc(-c2ccc3ncccc3c2)[nH]1. The maximum absolute atomic E-state index is 5.14. The molecule has 0 aliphatic heterocycles. The number of nitrogens with one attached hydrogen (secondary N) is 1. The highest BCUT2D eigenvalue weighted by Crippen LogP contribution is 2.20. The predicted octanol–water partition coefficient (Wildman–Crippen LogP) is 3.66. The van der Waals surface area contributed by atoms with Gasteiger partial charge in [0.1, 0.15) is 10.5 Å². The summed E-state index contributed by atoms with van der Waals surface area (Å²) in [6.45, 7) is 1.98. The Morgan fingerprint density at radius 3 is 2.89 bits per heavy atom. The van der Waals surface area contributed by atoms with E-state index in [1.165, 1.54) is 0 Å². The van der Waals surface area contributed by atoms with Gasteiger partial charge in [-0.1, -0.05) is 18.3 Å². The van der Waals surface area contributed by atoms with Crippen LogP contribution in [-0.4, -0.2) is 15.0 Å². The van der Waals surface area contributed by atoms with E-state index in [1.807, 2.05) is 37.3 Å². The van der Waals surface area contributed by atoms with Crippen LogP contribution in [-0.2, 0) is 0 Å². The summed E-state index contributed by atoms with van der Waals surface area (Å²) in [5.41, 5.74) is 3.01. The molecule has 0 amide bonds. The third-order valence-electron chi connectivity index (χ3n) is 2.75. The minimum absolute atomic E-state index is 0.604. The summed E-state index contributed by atoms with van der Waals surface area (Å²) in [4.78, 5) is 11.9. The lowest BCUT2D eigenvalue weighted by atomic mass is 10.1. The van der Waals surface area contributed by atoms with Crippen LogP contribution in [0.1, 0.15) is 5.69 Å². The highest BCUT2D eigenvalue weighted by molar-refractivity contribution is 7.71. The molecule has 0 saturated heterocycles. The molecule has 0 saturated carbocycles. The molecule has 0 aliphatic carbocycles. The minimum atomic E-state index is 0.604. The summed E-state index contributed by atoms with van der Waals surface area (Å²) < 4.78 is 0.604. The zero-order valence-electron chi connectivity index (χ0n) is 9.84. The van der Waals surface area contributed by atoms with Crippen molar-refractivity contribution in [2.24, 2.45) is 0 Å². The van der Waals surface area contributed by atoms with Crippen LogP contribution in [0.3, 0.4) is 0 Å². The second-order valence-corrected chi connectivity index (χ2v) is 4.58. The molecule has 3 aromatic rings. The smallest absolute Gasteiger partial charge is 0.139 e. The van der Waals surface area contributed by atoms with E-state index in [4.69, 9.17) is 12.2 Å². The third kappa shape index (κ3) is 2.02. The van der Waals surface area contributed by atoms with Crippen LogP contribution in [0.25, 0.3) is 22.3 Å². The Labute approximate surface area is 110 Å². The summed E-state index contributed by atoms with van der Waals surface area (Å²) in [6, 6.07) is 11.9. The second kappa shape index (κ2) is 4.31. The molecule has 2 heterocycles. The standard InChI is InChI=1S/C14H11N3S/c1-9-7-13(18)17-14(16-9)11-4-5-12-10(8-11)3-2-6-15-12/h2-8H,1H3,(H,16,17,18). The van der Waals surface area contributed by atoms with E-state index in [-0.39, 0.29) is 0 Å². The zero-order valence-corrected chi connectivity index (χ0v) is 10.7. The number of fused-ring (bicyclic) bond motifs is 1. The molecule has 1 N–H and O–H groups in total. The van der Waals surface area contributed by atoms with Crippen molar-refractivity contribution in [1.29, 1.82) is 0 Å². The average molecular weight is 253 g/mol. The summed E-state index contributed by atoms with van der Waals surface area (Å²) in [5.74, 6) is 0.797. The number of aromatic amines is 1. The minimum Gasteiger partial charge on any atom is -0.343 e. The topological polar surface area (TPSA) is 41.6 Å². The van der Waals surface area contributed by atoms with Gasteiger partial charge in [0, 0.05) is 22.8 Å². The number of benzene rings is 1. The van der Waals surface area contributed by atoms with Gasteiger partial charge in [-0.2, -0.15) is 0 Å². The third-order valence-corrected chi connectivity index (χ3v) is 2.96. The van der Waals surface area contributed by atoms with E-state index in [1.54, 1.807) is 6.20 Å². The number of rotatable bonds is 1. The van der Waals surface area contributed by atoms with Crippen LogP contribution < -0.4 is 0 Å². The molecule has 0 atom stereocenters. The Hall–Kier alpha value is -2.07. The van der Waals surface area contributed by atoms with Gasteiger partial charge in [0.2, 0.25) is 0 Å². The number of nitrogens with zero attached hydrogens (tertiary/aromatic N) is 2. The molecule has 1 aromatic carbocycles. The van der Waals surface area contributed by atoms with Gasteiger partial charge in [0.25, 0.3) is 0 Å². The van der Waals surface area contributed by atoms with Gasteiger partial charge < -0.3 is 4.98 Å². The van der Waals surface area contributed by atoms with Crippen LogP contribution in [0.2, 0.25) is 0 Å². The lowest BCUT2D eigenvalue weighted by Crippen LogP contribution is -1.92. The van der Waals surface area contributed by atoms with E-state index in [0.717, 1.165) is 28.0 Å². The Balaban J connectivity index is 2.22. The van der Waals surface area contributed by atoms with Crippen LogP contribution in [0.5, 0.6) is 0 Å². The molecule has 0 aliphatic rings. The van der Waals surface area contributed by atoms with E-state index in [0.29, 0.717) is 4.64 Å². The van der Waals surface area contributed by atoms with Crippen molar-refractivity contribution in [1.82, 2.24) is 15.0 Å². The Morgan fingerprint density at radius 1 is 1.17 bits per heavy atom. The molecule has 4 heteroatoms. The summed E-state index contributed by atoms with van der Waals surface area (Å²) in [6.07, 6.45) is 1.79. The lowest BCUT2D eigenvalue weighted by Gasteiger charge is -2.04. The zero-order chi connectivity index (χ0) is 12.5. The van der Waals surface area contributed by atoms with Crippen molar-refractivity contribution >= 4 is 23.1 Å². The number of hydrogen-bond acceptors (Lipinski definition) is 3. The molecule has 2 aromatic heterocycles. The van der Waals surface area contributed by atoms with Gasteiger partial charge in [0.15, 0.2) is 0 Å². The Kier molecular flexibility index (Phi) is 2.64. The molecule has 0 fully saturated rings. The number of H-pyrrole nitrogens is 1. The Bertz CT molecular complexity index is 777. The average Bonchev–Trinajstić information content (AvgIpc) is 2.37. The number of hydrogen-bond donors (Lipinski definition) is 1. The normalized spacial score (nSPS) is 10.7. The Morgan fingerprint density at radius 2 is 2.06 bits per heavy atom. The van der Waals surface area contributed by atoms with Crippen LogP contribution in [0.4, 0.5) is 0 Å². The summed E-state index contributed by atoms with van der Waals surface area (Å²) in [5, 5.41) is 1.10. The number of aromatic nitrogens is 3. The molecule has 0 bridgehead atoms. The van der Waals surface area contributed by atoms with E-state index in [2.05, 4.69) is 21.0 Å². The quantitative estimate of drug-likeness (QED) is 0.673. The first-order chi connectivity index (χ1) is 8.72. The lowest BCUT2D eigenvalue weighted by molar-refractivity contribution is 1.10. The molecule has 3 rings (SSSR count). The van der Waals surface area contributed by atoms with Gasteiger partial charge in [0.05, 0.1) is 5.52 Å². The van der Waals surface area contributed by atoms with Gasteiger partial charge in [-0.25, -0.2) is 4.98 Å². The maximum atomic E-state index is 5.14. The highest BCUT2D eigenvalue weighted by Gasteiger charge is 2.02.